The second kappa shape index (κ2) is 4.77. The smallest absolute Gasteiger partial charge is 0.332 e. The standard InChI is InChI=1S/C7H10ClNO3/c1-4-9(7(8)11)12-6(10)5(2)3/h2,4H2,1,3H3. The van der Waals surface area contributed by atoms with Gasteiger partial charge in [0.1, 0.15) is 0 Å². The molecule has 68 valence electrons. The summed E-state index contributed by atoms with van der Waals surface area (Å²) >= 11 is 5.07. The predicted molar refractivity (Wildman–Crippen MR) is 44.5 cm³/mol. The van der Waals surface area contributed by atoms with Crippen LogP contribution in [0.5, 0.6) is 0 Å². The van der Waals surface area contributed by atoms with Gasteiger partial charge in [-0.1, -0.05) is 6.58 Å². The van der Waals surface area contributed by atoms with Gasteiger partial charge in [0.05, 0.1) is 6.54 Å². The van der Waals surface area contributed by atoms with Crippen molar-refractivity contribution in [3.63, 3.8) is 0 Å². The van der Waals surface area contributed by atoms with Gasteiger partial charge in [0, 0.05) is 5.57 Å². The Bertz CT molecular complexity index is 215. The summed E-state index contributed by atoms with van der Waals surface area (Å²) in [5.74, 6) is -0.661. The van der Waals surface area contributed by atoms with Crippen molar-refractivity contribution in [1.29, 1.82) is 0 Å². The second-order valence-corrected chi connectivity index (χ2v) is 2.43. The van der Waals surface area contributed by atoms with E-state index < -0.39 is 11.3 Å². The first-order valence-corrected chi connectivity index (χ1v) is 3.71. The zero-order valence-corrected chi connectivity index (χ0v) is 7.72. The van der Waals surface area contributed by atoms with E-state index in [1.165, 1.54) is 6.92 Å². The summed E-state index contributed by atoms with van der Waals surface area (Å²) in [6, 6.07) is 0. The van der Waals surface area contributed by atoms with Crippen LogP contribution >= 0.6 is 11.6 Å². The molecule has 0 bridgehead atoms. The van der Waals surface area contributed by atoms with Gasteiger partial charge in [-0.3, -0.25) is 4.79 Å². The largest absolute Gasteiger partial charge is 0.358 e. The van der Waals surface area contributed by atoms with Crippen molar-refractivity contribution in [1.82, 2.24) is 5.06 Å². The van der Waals surface area contributed by atoms with Crippen molar-refractivity contribution in [2.24, 2.45) is 0 Å². The SMILES string of the molecule is C=C(C)C(=O)ON(CC)C(=O)Cl. The Morgan fingerprint density at radius 3 is 2.33 bits per heavy atom. The Morgan fingerprint density at radius 1 is 1.58 bits per heavy atom. The maximum Gasteiger partial charge on any atom is 0.358 e. The molecule has 0 saturated heterocycles. The van der Waals surface area contributed by atoms with Crippen LogP contribution in [0.4, 0.5) is 4.79 Å². The molecule has 0 saturated carbocycles. The molecule has 0 aromatic heterocycles. The molecular weight excluding hydrogens is 182 g/mol. The average Bonchev–Trinajstić information content (AvgIpc) is 1.98. The van der Waals surface area contributed by atoms with Gasteiger partial charge in [-0.25, -0.2) is 4.79 Å². The predicted octanol–water partition coefficient (Wildman–Crippen LogP) is 1.70. The van der Waals surface area contributed by atoms with Crippen LogP contribution in [0.3, 0.4) is 0 Å². The third kappa shape index (κ3) is 3.39. The number of hydroxylamine groups is 2. The monoisotopic (exact) mass is 191 g/mol. The average molecular weight is 192 g/mol. The summed E-state index contributed by atoms with van der Waals surface area (Å²) in [5, 5.41) is -0.0782. The lowest BCUT2D eigenvalue weighted by molar-refractivity contribution is -0.169. The minimum absolute atomic E-state index is 0.210. The fourth-order valence-electron chi connectivity index (χ4n) is 0.403. The number of nitrogens with zero attached hydrogens (tertiary/aromatic N) is 1. The number of hydrogen-bond donors (Lipinski definition) is 0. The fraction of sp³-hybridized carbons (Fsp3) is 0.429. The summed E-state index contributed by atoms with van der Waals surface area (Å²) in [7, 11) is 0. The molecule has 0 aromatic carbocycles. The minimum Gasteiger partial charge on any atom is -0.332 e. The van der Waals surface area contributed by atoms with Crippen LogP contribution in [0, 0.1) is 0 Å². The third-order valence-electron chi connectivity index (χ3n) is 1.02. The summed E-state index contributed by atoms with van der Waals surface area (Å²) in [5.41, 5.74) is 0.214. The first kappa shape index (κ1) is 11.0. The van der Waals surface area contributed by atoms with E-state index in [1.54, 1.807) is 6.92 Å². The highest BCUT2D eigenvalue weighted by Crippen LogP contribution is 2.01. The molecular formula is C7H10ClNO3. The van der Waals surface area contributed by atoms with E-state index >= 15 is 0 Å². The molecule has 0 unspecified atom stereocenters. The van der Waals surface area contributed by atoms with Crippen molar-refractivity contribution in [2.75, 3.05) is 6.54 Å². The molecule has 4 nitrogen and oxygen atoms in total. The molecule has 0 aliphatic heterocycles. The van der Waals surface area contributed by atoms with Gasteiger partial charge in [0.2, 0.25) is 0 Å². The third-order valence-corrected chi connectivity index (χ3v) is 1.21. The van der Waals surface area contributed by atoms with Gasteiger partial charge >= 0.3 is 11.3 Å². The second-order valence-electron chi connectivity index (χ2n) is 2.11. The Hall–Kier alpha value is -1.03. The molecule has 0 atom stereocenters. The number of amides is 1. The molecule has 12 heavy (non-hydrogen) atoms. The highest BCUT2D eigenvalue weighted by atomic mass is 35.5. The Morgan fingerprint density at radius 2 is 2.08 bits per heavy atom. The molecule has 0 aliphatic carbocycles. The van der Waals surface area contributed by atoms with Gasteiger partial charge in [-0.2, -0.15) is 5.06 Å². The number of carbonyl (C=O) groups excluding carboxylic acids is 2. The first-order chi connectivity index (χ1) is 5.49. The minimum atomic E-state index is -0.827. The van der Waals surface area contributed by atoms with E-state index in [0.29, 0.717) is 0 Å². The van der Waals surface area contributed by atoms with Gasteiger partial charge in [-0.15, -0.1) is 0 Å². The lowest BCUT2D eigenvalue weighted by atomic mass is 10.4. The lowest BCUT2D eigenvalue weighted by Crippen LogP contribution is -2.29. The zero-order valence-electron chi connectivity index (χ0n) is 6.96. The van der Waals surface area contributed by atoms with Gasteiger partial charge < -0.3 is 4.84 Å². The van der Waals surface area contributed by atoms with E-state index in [0.717, 1.165) is 5.06 Å². The first-order valence-electron chi connectivity index (χ1n) is 3.33. The fourth-order valence-corrected chi connectivity index (χ4v) is 0.557. The molecule has 0 N–H and O–H groups in total. The Kier molecular flexibility index (Phi) is 4.36. The Balaban J connectivity index is 4.12. The van der Waals surface area contributed by atoms with Crippen molar-refractivity contribution in [3.05, 3.63) is 12.2 Å². The summed E-state index contributed by atoms with van der Waals surface area (Å²) < 4.78 is 0. The van der Waals surface area contributed by atoms with Gasteiger partial charge in [0.25, 0.3) is 0 Å². The number of halogens is 1. The number of rotatable bonds is 2. The Labute approximate surface area is 75.7 Å². The van der Waals surface area contributed by atoms with E-state index in [4.69, 9.17) is 11.6 Å². The van der Waals surface area contributed by atoms with Crippen molar-refractivity contribution >= 4 is 22.9 Å². The van der Waals surface area contributed by atoms with Gasteiger partial charge in [-0.05, 0) is 25.4 Å². The maximum absolute atomic E-state index is 10.8. The van der Waals surface area contributed by atoms with Crippen LogP contribution in [-0.4, -0.2) is 22.9 Å². The number of carbonyl (C=O) groups is 2. The normalized spacial score (nSPS) is 8.92. The number of hydrogen-bond acceptors (Lipinski definition) is 3. The highest BCUT2D eigenvalue weighted by molar-refractivity contribution is 6.62. The van der Waals surface area contributed by atoms with Crippen molar-refractivity contribution in [3.8, 4) is 0 Å². The topological polar surface area (TPSA) is 46.6 Å². The van der Waals surface area contributed by atoms with E-state index in [1.807, 2.05) is 0 Å². The van der Waals surface area contributed by atoms with Crippen LogP contribution in [0.1, 0.15) is 13.8 Å². The molecule has 0 spiro atoms. The summed E-state index contributed by atoms with van der Waals surface area (Å²) in [6.07, 6.45) is 0. The molecule has 5 heteroatoms. The van der Waals surface area contributed by atoms with E-state index in [9.17, 15) is 9.59 Å². The van der Waals surface area contributed by atoms with Gasteiger partial charge in [0.15, 0.2) is 0 Å². The molecule has 0 fully saturated rings. The zero-order chi connectivity index (χ0) is 9.72. The van der Waals surface area contributed by atoms with Crippen LogP contribution in [-0.2, 0) is 9.63 Å². The molecule has 0 aliphatic rings. The quantitative estimate of drug-likeness (QED) is 0.289. The highest BCUT2D eigenvalue weighted by Gasteiger charge is 2.14. The van der Waals surface area contributed by atoms with E-state index in [2.05, 4.69) is 11.4 Å². The van der Waals surface area contributed by atoms with E-state index in [-0.39, 0.29) is 12.1 Å². The van der Waals surface area contributed by atoms with Crippen molar-refractivity contribution in [2.45, 2.75) is 13.8 Å². The van der Waals surface area contributed by atoms with Crippen LogP contribution in [0.2, 0.25) is 0 Å². The molecule has 0 rings (SSSR count). The van der Waals surface area contributed by atoms with Crippen LogP contribution in [0.25, 0.3) is 0 Å². The lowest BCUT2D eigenvalue weighted by Gasteiger charge is -2.15. The maximum atomic E-state index is 10.8. The van der Waals surface area contributed by atoms with Crippen LogP contribution < -0.4 is 0 Å². The molecule has 0 aromatic rings. The molecule has 0 radical (unpaired) electrons. The summed E-state index contributed by atoms with van der Waals surface area (Å²) in [6.45, 7) is 6.67. The molecule has 1 amide bonds. The summed E-state index contributed by atoms with van der Waals surface area (Å²) in [4.78, 5) is 25.9. The van der Waals surface area contributed by atoms with Crippen molar-refractivity contribution < 1.29 is 14.4 Å². The molecule has 0 heterocycles. The van der Waals surface area contributed by atoms with Crippen LogP contribution in [0.15, 0.2) is 12.2 Å².